The van der Waals surface area contributed by atoms with Crippen LogP contribution in [0.1, 0.15) is 23.9 Å². The van der Waals surface area contributed by atoms with Crippen LogP contribution in [-0.2, 0) is 26.1 Å². The molecule has 0 amide bonds. The van der Waals surface area contributed by atoms with E-state index in [0.29, 0.717) is 19.7 Å². The molecule has 2 N–H and O–H groups in total. The molecule has 0 bridgehead atoms. The molecular formula is C15H20N4O. The van der Waals surface area contributed by atoms with Crippen LogP contribution in [0.15, 0.2) is 36.9 Å². The van der Waals surface area contributed by atoms with Crippen molar-refractivity contribution in [2.75, 3.05) is 0 Å². The van der Waals surface area contributed by atoms with E-state index in [2.05, 4.69) is 35.9 Å². The summed E-state index contributed by atoms with van der Waals surface area (Å²) in [7, 11) is 0. The molecule has 0 saturated carbocycles. The van der Waals surface area contributed by atoms with E-state index in [4.69, 9.17) is 10.5 Å². The number of hydrogen-bond acceptors (Lipinski definition) is 4. The van der Waals surface area contributed by atoms with Crippen LogP contribution in [0.4, 0.5) is 0 Å². The molecule has 5 heteroatoms. The summed E-state index contributed by atoms with van der Waals surface area (Å²) in [4.78, 5) is 0. The highest BCUT2D eigenvalue weighted by Crippen LogP contribution is 2.15. The number of hydrogen-bond donors (Lipinski definition) is 1. The number of nitrogens with two attached hydrogens (primary N) is 1. The monoisotopic (exact) mass is 272 g/mol. The molecule has 1 aromatic heterocycles. The largest absolute Gasteiger partial charge is 0.487 e. The minimum Gasteiger partial charge on any atom is -0.487 e. The summed E-state index contributed by atoms with van der Waals surface area (Å²) in [6.45, 7) is 7.19. The molecule has 5 nitrogen and oxygen atoms in total. The van der Waals surface area contributed by atoms with Gasteiger partial charge in [-0.25, -0.2) is 4.68 Å². The third-order valence-corrected chi connectivity index (χ3v) is 3.12. The lowest BCUT2D eigenvalue weighted by molar-refractivity contribution is 0.292. The van der Waals surface area contributed by atoms with Crippen LogP contribution in [0.3, 0.4) is 0 Å². The molecule has 106 valence electrons. The first-order valence-electron chi connectivity index (χ1n) is 6.72. The fraction of sp³-hybridized carbons (Fsp3) is 0.333. The summed E-state index contributed by atoms with van der Waals surface area (Å²) in [6, 6.07) is 8.09. The third-order valence-electron chi connectivity index (χ3n) is 3.12. The predicted molar refractivity (Wildman–Crippen MR) is 78.3 cm³/mol. The van der Waals surface area contributed by atoms with Gasteiger partial charge in [0.25, 0.3) is 0 Å². The highest BCUT2D eigenvalue weighted by molar-refractivity contribution is 5.27. The lowest BCUT2D eigenvalue weighted by atomic mass is 10.2. The summed E-state index contributed by atoms with van der Waals surface area (Å²) in [5.41, 5.74) is 8.62. The molecule has 0 aliphatic heterocycles. The van der Waals surface area contributed by atoms with Crippen LogP contribution in [0.5, 0.6) is 5.75 Å². The number of ether oxygens (including phenoxy) is 1. The summed E-state index contributed by atoms with van der Waals surface area (Å²) in [6.07, 6.45) is 2.79. The zero-order chi connectivity index (χ0) is 14.4. The highest BCUT2D eigenvalue weighted by Gasteiger charge is 2.11. The van der Waals surface area contributed by atoms with Crippen molar-refractivity contribution >= 4 is 0 Å². The number of aromatic nitrogens is 3. The smallest absolute Gasteiger partial charge is 0.132 e. The second kappa shape index (κ2) is 6.86. The van der Waals surface area contributed by atoms with Crippen LogP contribution in [-0.4, -0.2) is 15.0 Å². The molecule has 0 fully saturated rings. The summed E-state index contributed by atoms with van der Waals surface area (Å²) in [5.74, 6) is 0.830. The fourth-order valence-electron chi connectivity index (χ4n) is 1.93. The zero-order valence-corrected chi connectivity index (χ0v) is 11.7. The minimum atomic E-state index is 0.352. The standard InChI is InChI=1S/C15H20N4O/c1-3-9-19-15(14(10-16)17-18-19)11-20-13-7-5-12(4-2)6-8-13/h3,5-8H,1,4,9-11,16H2,2H3. The number of benzene rings is 1. The van der Waals surface area contributed by atoms with Crippen molar-refractivity contribution in [3.63, 3.8) is 0 Å². The van der Waals surface area contributed by atoms with E-state index >= 15 is 0 Å². The summed E-state index contributed by atoms with van der Waals surface area (Å²) < 4.78 is 7.55. The summed E-state index contributed by atoms with van der Waals surface area (Å²) in [5, 5.41) is 8.10. The quantitative estimate of drug-likeness (QED) is 0.784. The summed E-state index contributed by atoms with van der Waals surface area (Å²) >= 11 is 0. The maximum absolute atomic E-state index is 5.79. The van der Waals surface area contributed by atoms with E-state index in [1.54, 1.807) is 10.8 Å². The lowest BCUT2D eigenvalue weighted by Gasteiger charge is -2.09. The molecule has 0 radical (unpaired) electrons. The van der Waals surface area contributed by atoms with Crippen LogP contribution in [0.2, 0.25) is 0 Å². The number of nitrogens with zero attached hydrogens (tertiary/aromatic N) is 3. The molecule has 1 aromatic carbocycles. The minimum absolute atomic E-state index is 0.352. The Morgan fingerprint density at radius 3 is 2.70 bits per heavy atom. The van der Waals surface area contributed by atoms with E-state index in [-0.39, 0.29) is 0 Å². The topological polar surface area (TPSA) is 66.0 Å². The molecule has 20 heavy (non-hydrogen) atoms. The van der Waals surface area contributed by atoms with Crippen molar-refractivity contribution < 1.29 is 4.74 Å². The number of aryl methyl sites for hydroxylation is 1. The Kier molecular flexibility index (Phi) is 4.90. The van der Waals surface area contributed by atoms with Gasteiger partial charge < -0.3 is 10.5 Å². The molecule has 0 unspecified atom stereocenters. The van der Waals surface area contributed by atoms with Crippen molar-refractivity contribution in [3.05, 3.63) is 53.9 Å². The van der Waals surface area contributed by atoms with Crippen LogP contribution in [0.25, 0.3) is 0 Å². The highest BCUT2D eigenvalue weighted by atomic mass is 16.5. The second-order valence-electron chi connectivity index (χ2n) is 4.44. The SMILES string of the molecule is C=CCn1nnc(CN)c1COc1ccc(CC)cc1. The molecule has 0 saturated heterocycles. The predicted octanol–water partition coefficient (Wildman–Crippen LogP) is 2.06. The molecular weight excluding hydrogens is 252 g/mol. The van der Waals surface area contributed by atoms with Gasteiger partial charge in [-0.05, 0) is 24.1 Å². The van der Waals surface area contributed by atoms with Gasteiger partial charge in [0.2, 0.25) is 0 Å². The molecule has 0 spiro atoms. The normalized spacial score (nSPS) is 10.5. The van der Waals surface area contributed by atoms with Gasteiger partial charge in [-0.1, -0.05) is 30.3 Å². The molecule has 0 aliphatic carbocycles. The van der Waals surface area contributed by atoms with Gasteiger partial charge >= 0.3 is 0 Å². The van der Waals surface area contributed by atoms with Crippen LogP contribution < -0.4 is 10.5 Å². The van der Waals surface area contributed by atoms with E-state index in [1.165, 1.54) is 5.56 Å². The Bertz CT molecular complexity index is 560. The third kappa shape index (κ3) is 3.24. The van der Waals surface area contributed by atoms with Crippen molar-refractivity contribution in [3.8, 4) is 5.75 Å². The van der Waals surface area contributed by atoms with Crippen molar-refractivity contribution in [1.82, 2.24) is 15.0 Å². The van der Waals surface area contributed by atoms with Gasteiger partial charge in [-0.2, -0.15) is 0 Å². The molecule has 0 aliphatic rings. The molecule has 2 aromatic rings. The van der Waals surface area contributed by atoms with Gasteiger partial charge in [-0.15, -0.1) is 11.7 Å². The van der Waals surface area contributed by atoms with Gasteiger partial charge in [0.05, 0.1) is 6.54 Å². The average molecular weight is 272 g/mol. The average Bonchev–Trinajstić information content (AvgIpc) is 2.88. The Labute approximate surface area is 119 Å². The Morgan fingerprint density at radius 2 is 2.10 bits per heavy atom. The zero-order valence-electron chi connectivity index (χ0n) is 11.7. The molecule has 1 heterocycles. The first-order chi connectivity index (χ1) is 9.78. The van der Waals surface area contributed by atoms with Crippen molar-refractivity contribution in [2.24, 2.45) is 5.73 Å². The van der Waals surface area contributed by atoms with Crippen LogP contribution >= 0.6 is 0 Å². The fourth-order valence-corrected chi connectivity index (χ4v) is 1.93. The van der Waals surface area contributed by atoms with Gasteiger partial charge in [0, 0.05) is 6.54 Å². The van der Waals surface area contributed by atoms with Gasteiger partial charge in [0.15, 0.2) is 0 Å². The number of rotatable bonds is 7. The van der Waals surface area contributed by atoms with Gasteiger partial charge in [-0.3, -0.25) is 0 Å². The number of allylic oxidation sites excluding steroid dienone is 1. The first kappa shape index (κ1) is 14.3. The van der Waals surface area contributed by atoms with E-state index in [9.17, 15) is 0 Å². The Morgan fingerprint density at radius 1 is 1.35 bits per heavy atom. The maximum Gasteiger partial charge on any atom is 0.132 e. The molecule has 0 atom stereocenters. The van der Waals surface area contributed by atoms with Crippen LogP contribution in [0, 0.1) is 0 Å². The van der Waals surface area contributed by atoms with Gasteiger partial charge in [0.1, 0.15) is 23.7 Å². The molecule has 2 rings (SSSR count). The van der Waals surface area contributed by atoms with Crippen molar-refractivity contribution in [1.29, 1.82) is 0 Å². The lowest BCUT2D eigenvalue weighted by Crippen LogP contribution is -2.10. The first-order valence-corrected chi connectivity index (χ1v) is 6.72. The van der Waals surface area contributed by atoms with E-state index in [1.807, 2.05) is 12.1 Å². The van der Waals surface area contributed by atoms with Crippen molar-refractivity contribution in [2.45, 2.75) is 33.0 Å². The second-order valence-corrected chi connectivity index (χ2v) is 4.44. The Balaban J connectivity index is 2.08. The van der Waals surface area contributed by atoms with E-state index in [0.717, 1.165) is 23.6 Å². The maximum atomic E-state index is 5.79. The Hall–Kier alpha value is -2.14. The van der Waals surface area contributed by atoms with E-state index < -0.39 is 0 Å².